The van der Waals surface area contributed by atoms with Crippen LogP contribution in [0.5, 0.6) is 0 Å². The molecule has 0 fully saturated rings. The number of benzene rings is 3. The fourth-order valence-electron chi connectivity index (χ4n) is 3.99. The third-order valence-corrected chi connectivity index (χ3v) is 5.99. The van der Waals surface area contributed by atoms with Crippen molar-refractivity contribution in [2.24, 2.45) is 0 Å². The van der Waals surface area contributed by atoms with Gasteiger partial charge in [0.05, 0.1) is 23.7 Å². The summed E-state index contributed by atoms with van der Waals surface area (Å²) in [5, 5.41) is 11.8. The van der Waals surface area contributed by atoms with Crippen LogP contribution in [0.15, 0.2) is 66.7 Å². The third kappa shape index (κ3) is 3.42. The topological polar surface area (TPSA) is 57.6 Å². The largest absolute Gasteiger partial charge is 0.375 e. The highest BCUT2D eigenvalue weighted by Crippen LogP contribution is 2.44. The van der Waals surface area contributed by atoms with E-state index in [4.69, 9.17) is 11.6 Å². The van der Waals surface area contributed by atoms with E-state index in [9.17, 15) is 14.7 Å². The van der Waals surface area contributed by atoms with Crippen LogP contribution in [-0.4, -0.2) is 16.8 Å². The molecule has 4 rings (SSSR count). The molecule has 1 N–H and O–H groups in total. The number of Topliss-reactive ketones (excluding diaryl/α,β-unsaturated/α-hetero) is 1. The van der Waals surface area contributed by atoms with Gasteiger partial charge >= 0.3 is 0 Å². The number of para-hydroxylation sites is 1. The Kier molecular flexibility index (Phi) is 5.22. The van der Waals surface area contributed by atoms with Gasteiger partial charge in [-0.15, -0.1) is 0 Å². The molecule has 1 aliphatic heterocycles. The monoisotopic (exact) mass is 419 g/mol. The molecule has 3 aromatic carbocycles. The van der Waals surface area contributed by atoms with Crippen LogP contribution in [0.3, 0.4) is 0 Å². The van der Waals surface area contributed by atoms with Crippen LogP contribution in [0.2, 0.25) is 5.02 Å². The maximum atomic E-state index is 13.4. The molecule has 0 bridgehead atoms. The summed E-state index contributed by atoms with van der Waals surface area (Å²) in [6.07, 6.45) is -0.365. The minimum atomic E-state index is -1.93. The molecule has 0 aliphatic carbocycles. The minimum absolute atomic E-state index is 0.297. The van der Waals surface area contributed by atoms with Gasteiger partial charge in [-0.3, -0.25) is 9.59 Å². The summed E-state index contributed by atoms with van der Waals surface area (Å²) >= 11 is 6.16. The van der Waals surface area contributed by atoms with E-state index in [2.05, 4.69) is 0 Å². The highest BCUT2D eigenvalue weighted by atomic mass is 35.5. The molecule has 0 saturated heterocycles. The molecule has 0 unspecified atom stereocenters. The summed E-state index contributed by atoms with van der Waals surface area (Å²) < 4.78 is 0. The van der Waals surface area contributed by atoms with Crippen LogP contribution in [-0.2, 0) is 16.9 Å². The maximum Gasteiger partial charge on any atom is 0.264 e. The number of aliphatic hydroxyl groups is 1. The highest BCUT2D eigenvalue weighted by Gasteiger charge is 2.50. The first-order chi connectivity index (χ1) is 14.3. The Hall–Kier alpha value is -2.95. The number of fused-ring (bicyclic) bond motifs is 1. The summed E-state index contributed by atoms with van der Waals surface area (Å²) in [6, 6.07) is 19.8. The van der Waals surface area contributed by atoms with Gasteiger partial charge in [-0.1, -0.05) is 65.7 Å². The van der Waals surface area contributed by atoms with Crippen LogP contribution >= 0.6 is 11.6 Å². The first-order valence-corrected chi connectivity index (χ1v) is 10.2. The fourth-order valence-corrected chi connectivity index (χ4v) is 4.23. The lowest BCUT2D eigenvalue weighted by molar-refractivity contribution is -0.136. The molecule has 152 valence electrons. The number of amides is 1. The maximum absolute atomic E-state index is 13.4. The Morgan fingerprint density at radius 1 is 1.03 bits per heavy atom. The normalized spacial score (nSPS) is 17.9. The van der Waals surface area contributed by atoms with Crippen molar-refractivity contribution in [3.8, 4) is 0 Å². The lowest BCUT2D eigenvalue weighted by Gasteiger charge is -2.23. The first-order valence-electron chi connectivity index (χ1n) is 9.79. The van der Waals surface area contributed by atoms with Gasteiger partial charge in [-0.05, 0) is 43.2 Å². The first kappa shape index (κ1) is 20.3. The Morgan fingerprint density at radius 2 is 1.73 bits per heavy atom. The molecule has 1 atom stereocenters. The zero-order chi connectivity index (χ0) is 21.5. The number of hydrogen-bond donors (Lipinski definition) is 1. The van der Waals surface area contributed by atoms with Gasteiger partial charge in [0.2, 0.25) is 0 Å². The summed E-state index contributed by atoms with van der Waals surface area (Å²) in [6.45, 7) is 4.32. The van der Waals surface area contributed by atoms with Crippen molar-refractivity contribution in [2.75, 3.05) is 4.90 Å². The van der Waals surface area contributed by atoms with Crippen LogP contribution in [0.25, 0.3) is 0 Å². The average molecular weight is 420 g/mol. The molecule has 30 heavy (non-hydrogen) atoms. The minimum Gasteiger partial charge on any atom is -0.375 e. The Morgan fingerprint density at radius 3 is 2.50 bits per heavy atom. The summed E-state index contributed by atoms with van der Waals surface area (Å²) in [5.41, 5.74) is 2.60. The van der Waals surface area contributed by atoms with E-state index in [0.29, 0.717) is 28.4 Å². The molecule has 5 heteroatoms. The van der Waals surface area contributed by atoms with Crippen molar-refractivity contribution >= 4 is 29.0 Å². The smallest absolute Gasteiger partial charge is 0.264 e. The van der Waals surface area contributed by atoms with E-state index in [1.165, 1.54) is 0 Å². The number of anilines is 1. The van der Waals surface area contributed by atoms with Crippen LogP contribution < -0.4 is 4.90 Å². The van der Waals surface area contributed by atoms with Crippen molar-refractivity contribution in [3.05, 3.63) is 99.6 Å². The van der Waals surface area contributed by atoms with Gasteiger partial charge in [-0.25, -0.2) is 0 Å². The van der Waals surface area contributed by atoms with Gasteiger partial charge in [0.25, 0.3) is 5.91 Å². The second-order valence-corrected chi connectivity index (χ2v) is 8.19. The molecule has 0 saturated carbocycles. The average Bonchev–Trinajstić information content (AvgIpc) is 2.93. The number of ketones is 1. The lowest BCUT2D eigenvalue weighted by Crippen LogP contribution is -2.41. The number of carbonyl (C=O) groups excluding carboxylic acids is 2. The summed E-state index contributed by atoms with van der Waals surface area (Å²) in [4.78, 5) is 27.9. The van der Waals surface area contributed by atoms with Crippen LogP contribution in [0.1, 0.15) is 39.0 Å². The molecule has 3 aromatic rings. The quantitative estimate of drug-likeness (QED) is 0.594. The number of nitrogens with zero attached hydrogens (tertiary/aromatic N) is 1. The summed E-state index contributed by atoms with van der Waals surface area (Å²) in [7, 11) is 0. The second-order valence-electron chi connectivity index (χ2n) is 7.78. The lowest BCUT2D eigenvalue weighted by atomic mass is 9.88. The van der Waals surface area contributed by atoms with Crippen LogP contribution in [0.4, 0.5) is 5.69 Å². The molecule has 1 aliphatic rings. The molecule has 1 heterocycles. The van der Waals surface area contributed by atoms with Gasteiger partial charge < -0.3 is 10.0 Å². The van der Waals surface area contributed by atoms with E-state index >= 15 is 0 Å². The Balaban J connectivity index is 1.71. The van der Waals surface area contributed by atoms with Gasteiger partial charge in [0, 0.05) is 11.1 Å². The molecular weight excluding hydrogens is 398 g/mol. The second kappa shape index (κ2) is 7.71. The van der Waals surface area contributed by atoms with Gasteiger partial charge in [0.1, 0.15) is 0 Å². The van der Waals surface area contributed by atoms with Crippen molar-refractivity contribution in [2.45, 2.75) is 32.4 Å². The van der Waals surface area contributed by atoms with Gasteiger partial charge in [-0.2, -0.15) is 0 Å². The van der Waals surface area contributed by atoms with E-state index in [-0.39, 0.29) is 12.2 Å². The van der Waals surface area contributed by atoms with E-state index in [0.717, 1.165) is 16.7 Å². The molecule has 1 amide bonds. The molecule has 0 radical (unpaired) electrons. The Bertz CT molecular complexity index is 1160. The van der Waals surface area contributed by atoms with E-state index in [1.54, 1.807) is 47.4 Å². The molecular formula is C25H22ClNO3. The third-order valence-electron chi connectivity index (χ3n) is 5.66. The number of carbonyl (C=O) groups is 2. The highest BCUT2D eigenvalue weighted by molar-refractivity contribution is 6.34. The standard InChI is InChI=1S/C25H22ClNO3/c1-16-11-12-17(2)18(13-16)15-27-22-10-6-4-8-20(22)25(30,24(27)29)14-23(28)19-7-3-5-9-21(19)26/h3-13,30H,14-15H2,1-2H3/t25-/m1/s1. The SMILES string of the molecule is Cc1ccc(C)c(CN2C(=O)[C@@](O)(CC(=O)c3ccccc3Cl)c3ccccc32)c1. The number of aryl methyl sites for hydroxylation is 2. The zero-order valence-corrected chi connectivity index (χ0v) is 17.6. The van der Waals surface area contributed by atoms with E-state index < -0.39 is 11.5 Å². The van der Waals surface area contributed by atoms with Crippen molar-refractivity contribution in [3.63, 3.8) is 0 Å². The summed E-state index contributed by atoms with van der Waals surface area (Å²) in [5.74, 6) is -0.871. The molecule has 0 aromatic heterocycles. The number of hydrogen-bond acceptors (Lipinski definition) is 3. The Labute approximate surface area is 180 Å². The van der Waals surface area contributed by atoms with Crippen molar-refractivity contribution in [1.82, 2.24) is 0 Å². The predicted molar refractivity (Wildman–Crippen MR) is 118 cm³/mol. The fraction of sp³-hybridized carbons (Fsp3) is 0.200. The van der Waals surface area contributed by atoms with E-state index in [1.807, 2.05) is 38.1 Å². The van der Waals surface area contributed by atoms with Gasteiger partial charge in [0.15, 0.2) is 11.4 Å². The number of rotatable bonds is 5. The molecule has 4 nitrogen and oxygen atoms in total. The van der Waals surface area contributed by atoms with Crippen molar-refractivity contribution < 1.29 is 14.7 Å². The van der Waals surface area contributed by atoms with Crippen LogP contribution in [0, 0.1) is 13.8 Å². The number of halogens is 1. The predicted octanol–water partition coefficient (Wildman–Crippen LogP) is 4.96. The van der Waals surface area contributed by atoms with Crippen molar-refractivity contribution in [1.29, 1.82) is 0 Å². The zero-order valence-electron chi connectivity index (χ0n) is 16.9. The molecule has 0 spiro atoms.